The summed E-state index contributed by atoms with van der Waals surface area (Å²) in [5.41, 5.74) is 3.30. The third-order valence-corrected chi connectivity index (χ3v) is 6.29. The molecule has 2 aromatic carbocycles. The van der Waals surface area contributed by atoms with Gasteiger partial charge in [-0.3, -0.25) is 9.69 Å². The van der Waals surface area contributed by atoms with Crippen LogP contribution in [0.2, 0.25) is 0 Å². The Morgan fingerprint density at radius 2 is 1.79 bits per heavy atom. The second-order valence-corrected chi connectivity index (χ2v) is 9.49. The molecule has 0 spiro atoms. The summed E-state index contributed by atoms with van der Waals surface area (Å²) in [5.74, 6) is 2.95. The summed E-state index contributed by atoms with van der Waals surface area (Å²) in [7, 11) is 1.59. The molecule has 34 heavy (non-hydrogen) atoms. The van der Waals surface area contributed by atoms with E-state index in [1.54, 1.807) is 19.2 Å². The molecule has 7 heteroatoms. The number of methoxy groups -OCH3 is 1. The minimum absolute atomic E-state index is 0.153. The molecule has 4 rings (SSSR count). The Morgan fingerprint density at radius 1 is 1.03 bits per heavy atom. The van der Waals surface area contributed by atoms with Gasteiger partial charge in [0.15, 0.2) is 5.82 Å². The van der Waals surface area contributed by atoms with Gasteiger partial charge >= 0.3 is 0 Å². The van der Waals surface area contributed by atoms with E-state index >= 15 is 0 Å². The van der Waals surface area contributed by atoms with Crippen LogP contribution in [0.5, 0.6) is 5.75 Å². The van der Waals surface area contributed by atoms with Gasteiger partial charge < -0.3 is 14.6 Å². The lowest BCUT2D eigenvalue weighted by Gasteiger charge is -2.20. The van der Waals surface area contributed by atoms with Crippen LogP contribution in [0, 0.1) is 5.92 Å². The fourth-order valence-corrected chi connectivity index (χ4v) is 4.49. The van der Waals surface area contributed by atoms with E-state index in [9.17, 15) is 4.79 Å². The summed E-state index contributed by atoms with van der Waals surface area (Å²) in [6, 6.07) is 15.9. The van der Waals surface area contributed by atoms with E-state index in [0.29, 0.717) is 17.2 Å². The van der Waals surface area contributed by atoms with Gasteiger partial charge in [-0.1, -0.05) is 44.2 Å². The molecule has 0 fully saturated rings. The Labute approximate surface area is 202 Å². The molecule has 2 heterocycles. The van der Waals surface area contributed by atoms with E-state index in [-0.39, 0.29) is 11.9 Å². The van der Waals surface area contributed by atoms with Crippen LogP contribution in [-0.2, 0) is 25.9 Å². The van der Waals surface area contributed by atoms with Gasteiger partial charge in [-0.2, -0.15) is 0 Å². The molecule has 1 N–H and O–H groups in total. The van der Waals surface area contributed by atoms with Gasteiger partial charge in [0.05, 0.1) is 13.2 Å². The van der Waals surface area contributed by atoms with Crippen LogP contribution in [0.1, 0.15) is 59.9 Å². The van der Waals surface area contributed by atoms with Crippen LogP contribution in [0.25, 0.3) is 0 Å². The molecule has 0 unspecified atom stereocenters. The maximum absolute atomic E-state index is 12.8. The van der Waals surface area contributed by atoms with Crippen molar-refractivity contribution < 1.29 is 9.53 Å². The number of carbonyl (C=O) groups is 1. The lowest BCUT2D eigenvalue weighted by molar-refractivity contribution is 0.0937. The number of nitrogens with zero attached hydrogens (tertiary/aromatic N) is 4. The van der Waals surface area contributed by atoms with E-state index in [0.717, 1.165) is 50.7 Å². The Hall–Kier alpha value is -3.19. The second kappa shape index (κ2) is 10.8. The highest BCUT2D eigenvalue weighted by Gasteiger charge is 2.23. The van der Waals surface area contributed by atoms with Crippen molar-refractivity contribution in [2.45, 2.75) is 52.7 Å². The zero-order chi connectivity index (χ0) is 24.1. The monoisotopic (exact) mass is 461 g/mol. The SMILES string of the molecule is COc1cccc(C(=O)N[C@@H](C)c2nnc3n2CCN(Cc2ccc(CC(C)C)cc2)CC3)c1. The second-order valence-electron chi connectivity index (χ2n) is 9.49. The Balaban J connectivity index is 1.37. The average Bonchev–Trinajstić information content (AvgIpc) is 3.14. The van der Waals surface area contributed by atoms with Gasteiger partial charge in [-0.15, -0.1) is 10.2 Å². The molecule has 0 radical (unpaired) electrons. The number of carbonyl (C=O) groups excluding carboxylic acids is 1. The quantitative estimate of drug-likeness (QED) is 0.548. The normalized spacial score (nSPS) is 15.0. The van der Waals surface area contributed by atoms with Gasteiger partial charge in [0.2, 0.25) is 0 Å². The zero-order valence-corrected chi connectivity index (χ0v) is 20.6. The van der Waals surface area contributed by atoms with Crippen LogP contribution >= 0.6 is 0 Å². The van der Waals surface area contributed by atoms with Gasteiger partial charge in [0, 0.05) is 38.2 Å². The molecular weight excluding hydrogens is 426 g/mol. The van der Waals surface area contributed by atoms with Crippen molar-refractivity contribution in [2.75, 3.05) is 20.2 Å². The van der Waals surface area contributed by atoms with E-state index in [2.05, 4.69) is 63.1 Å². The highest BCUT2D eigenvalue weighted by Crippen LogP contribution is 2.19. The van der Waals surface area contributed by atoms with Crippen molar-refractivity contribution in [3.63, 3.8) is 0 Å². The molecule has 7 nitrogen and oxygen atoms in total. The average molecular weight is 462 g/mol. The lowest BCUT2D eigenvalue weighted by atomic mass is 10.0. The van der Waals surface area contributed by atoms with Crippen LogP contribution in [-0.4, -0.2) is 45.8 Å². The molecule has 0 aliphatic carbocycles. The van der Waals surface area contributed by atoms with Crippen molar-refractivity contribution in [1.29, 1.82) is 0 Å². The number of ether oxygens (including phenoxy) is 1. The van der Waals surface area contributed by atoms with E-state index in [1.807, 2.05) is 19.1 Å². The lowest BCUT2D eigenvalue weighted by Crippen LogP contribution is -2.30. The summed E-state index contributed by atoms with van der Waals surface area (Å²) < 4.78 is 7.40. The molecule has 1 amide bonds. The van der Waals surface area contributed by atoms with Crippen molar-refractivity contribution in [2.24, 2.45) is 5.92 Å². The Kier molecular flexibility index (Phi) is 7.63. The van der Waals surface area contributed by atoms with Crippen molar-refractivity contribution >= 4 is 5.91 Å². The summed E-state index contributed by atoms with van der Waals surface area (Å²) in [4.78, 5) is 15.2. The maximum atomic E-state index is 12.8. The standard InChI is InChI=1S/C27H35N5O2/c1-19(2)16-21-8-10-22(11-9-21)18-31-13-12-25-29-30-26(32(25)15-14-31)20(3)28-27(33)23-6-5-7-24(17-23)34-4/h5-11,17,19-20H,12-16,18H2,1-4H3,(H,28,33)/t20-/m0/s1. The number of nitrogens with one attached hydrogen (secondary N) is 1. The Bertz CT molecular complexity index is 1110. The fourth-order valence-electron chi connectivity index (χ4n) is 4.49. The smallest absolute Gasteiger partial charge is 0.251 e. The number of hydrogen-bond acceptors (Lipinski definition) is 5. The molecule has 0 saturated carbocycles. The molecule has 0 bridgehead atoms. The summed E-state index contributed by atoms with van der Waals surface area (Å²) >= 11 is 0. The fraction of sp³-hybridized carbons (Fsp3) is 0.444. The molecule has 3 aromatic rings. The minimum atomic E-state index is -0.250. The zero-order valence-electron chi connectivity index (χ0n) is 20.6. The summed E-state index contributed by atoms with van der Waals surface area (Å²) in [6.45, 7) is 10.1. The van der Waals surface area contributed by atoms with Crippen LogP contribution in [0.3, 0.4) is 0 Å². The number of amides is 1. The Morgan fingerprint density at radius 3 is 2.53 bits per heavy atom. The highest BCUT2D eigenvalue weighted by atomic mass is 16.5. The van der Waals surface area contributed by atoms with Crippen LogP contribution in [0.15, 0.2) is 48.5 Å². The third kappa shape index (κ3) is 5.83. The molecule has 1 aromatic heterocycles. The first kappa shape index (κ1) is 24.0. The first-order chi connectivity index (χ1) is 16.4. The van der Waals surface area contributed by atoms with Crippen molar-refractivity contribution in [3.8, 4) is 5.75 Å². The predicted octanol–water partition coefficient (Wildman–Crippen LogP) is 4.03. The number of hydrogen-bond donors (Lipinski definition) is 1. The molecule has 1 atom stereocenters. The van der Waals surface area contributed by atoms with E-state index in [1.165, 1.54) is 11.1 Å². The highest BCUT2D eigenvalue weighted by molar-refractivity contribution is 5.94. The van der Waals surface area contributed by atoms with Gasteiger partial charge in [0.1, 0.15) is 11.6 Å². The molecule has 1 aliphatic rings. The van der Waals surface area contributed by atoms with Crippen LogP contribution in [0.4, 0.5) is 0 Å². The number of benzene rings is 2. The minimum Gasteiger partial charge on any atom is -0.497 e. The maximum Gasteiger partial charge on any atom is 0.251 e. The molecular formula is C27H35N5O2. The van der Waals surface area contributed by atoms with E-state index < -0.39 is 0 Å². The molecule has 0 saturated heterocycles. The summed E-state index contributed by atoms with van der Waals surface area (Å²) in [5, 5.41) is 11.9. The number of rotatable bonds is 8. The van der Waals surface area contributed by atoms with Crippen molar-refractivity contribution in [1.82, 2.24) is 25.0 Å². The molecule has 180 valence electrons. The largest absolute Gasteiger partial charge is 0.497 e. The predicted molar refractivity (Wildman–Crippen MR) is 133 cm³/mol. The van der Waals surface area contributed by atoms with Gasteiger partial charge in [0.25, 0.3) is 5.91 Å². The van der Waals surface area contributed by atoms with Gasteiger partial charge in [-0.25, -0.2) is 0 Å². The summed E-state index contributed by atoms with van der Waals surface area (Å²) in [6.07, 6.45) is 1.96. The number of fused-ring (bicyclic) bond motifs is 1. The number of aromatic nitrogens is 3. The van der Waals surface area contributed by atoms with Crippen LogP contribution < -0.4 is 10.1 Å². The topological polar surface area (TPSA) is 72.3 Å². The third-order valence-electron chi connectivity index (χ3n) is 6.29. The van der Waals surface area contributed by atoms with Crippen molar-refractivity contribution in [3.05, 3.63) is 76.9 Å². The first-order valence-electron chi connectivity index (χ1n) is 12.1. The first-order valence-corrected chi connectivity index (χ1v) is 12.1. The van der Waals surface area contributed by atoms with Gasteiger partial charge in [-0.05, 0) is 48.6 Å². The van der Waals surface area contributed by atoms with E-state index in [4.69, 9.17) is 4.74 Å². The molecule has 1 aliphatic heterocycles.